The lowest BCUT2D eigenvalue weighted by atomic mass is 10.1. The molecule has 1 aliphatic heterocycles. The van der Waals surface area contributed by atoms with Crippen LogP contribution >= 0.6 is 34.2 Å². The zero-order valence-corrected chi connectivity index (χ0v) is 18.0. The summed E-state index contributed by atoms with van der Waals surface area (Å²) < 4.78 is 1.11. The van der Waals surface area contributed by atoms with E-state index in [1.165, 1.54) is 0 Å². The highest BCUT2D eigenvalue weighted by Crippen LogP contribution is 2.22. The van der Waals surface area contributed by atoms with E-state index in [2.05, 4.69) is 34.0 Å². The number of carbonyl (C=O) groups excluding carboxylic acids is 2. The predicted octanol–water partition coefficient (Wildman–Crippen LogP) is 3.86. The molecule has 1 N–H and O–H groups in total. The van der Waals surface area contributed by atoms with E-state index in [9.17, 15) is 14.9 Å². The maximum Gasteiger partial charge on any atom is 0.244 e. The second-order valence-corrected chi connectivity index (χ2v) is 8.36. The summed E-state index contributed by atoms with van der Waals surface area (Å²) >= 11 is 8.20. The van der Waals surface area contributed by atoms with Gasteiger partial charge in [-0.1, -0.05) is 35.9 Å². The van der Waals surface area contributed by atoms with Crippen LogP contribution in [0.5, 0.6) is 0 Å². The number of halogens is 2. The molecular formula is C21H19ClIN3O2. The summed E-state index contributed by atoms with van der Waals surface area (Å²) in [7, 11) is 0. The molecule has 1 aliphatic rings. The van der Waals surface area contributed by atoms with Gasteiger partial charge in [-0.15, -0.1) is 0 Å². The molecule has 0 saturated carbocycles. The fourth-order valence-corrected chi connectivity index (χ4v) is 3.89. The summed E-state index contributed by atoms with van der Waals surface area (Å²) in [6.45, 7) is 0.551. The number of hydrogen-bond donors (Lipinski definition) is 1. The second-order valence-electron chi connectivity index (χ2n) is 6.67. The van der Waals surface area contributed by atoms with Crippen molar-refractivity contribution in [2.24, 2.45) is 0 Å². The van der Waals surface area contributed by atoms with E-state index in [1.54, 1.807) is 29.2 Å². The highest BCUT2D eigenvalue weighted by atomic mass is 127. The minimum Gasteiger partial charge on any atom is -0.335 e. The Bertz CT molecular complexity index is 911. The summed E-state index contributed by atoms with van der Waals surface area (Å²) in [4.78, 5) is 27.2. The van der Waals surface area contributed by atoms with Gasteiger partial charge in [0.1, 0.15) is 12.1 Å². The molecule has 0 spiro atoms. The van der Waals surface area contributed by atoms with E-state index in [0.29, 0.717) is 23.6 Å². The van der Waals surface area contributed by atoms with Crippen LogP contribution in [0.1, 0.15) is 30.0 Å². The van der Waals surface area contributed by atoms with Crippen LogP contribution in [-0.4, -0.2) is 29.3 Å². The number of benzene rings is 2. The summed E-state index contributed by atoms with van der Waals surface area (Å²) in [5.41, 5.74) is 1.54. The lowest BCUT2D eigenvalue weighted by Gasteiger charge is -2.25. The first-order valence-electron chi connectivity index (χ1n) is 8.97. The van der Waals surface area contributed by atoms with Gasteiger partial charge in [-0.25, -0.2) is 0 Å². The molecule has 0 bridgehead atoms. The largest absolute Gasteiger partial charge is 0.335 e. The maximum atomic E-state index is 12.8. The molecule has 2 unspecified atom stereocenters. The predicted molar refractivity (Wildman–Crippen MR) is 116 cm³/mol. The molecule has 0 radical (unpaired) electrons. The second kappa shape index (κ2) is 9.39. The molecule has 2 atom stereocenters. The van der Waals surface area contributed by atoms with Crippen molar-refractivity contribution in [3.63, 3.8) is 0 Å². The fraction of sp³-hybridized carbons (Fsp3) is 0.286. The topological polar surface area (TPSA) is 73.2 Å². The van der Waals surface area contributed by atoms with E-state index < -0.39 is 12.1 Å². The third kappa shape index (κ3) is 5.03. The molecule has 0 aromatic heterocycles. The molecular weight excluding hydrogens is 489 g/mol. The molecule has 1 fully saturated rings. The van der Waals surface area contributed by atoms with Crippen LogP contribution in [0.3, 0.4) is 0 Å². The van der Waals surface area contributed by atoms with Crippen molar-refractivity contribution in [1.82, 2.24) is 10.2 Å². The Morgan fingerprint density at radius 1 is 1.29 bits per heavy atom. The van der Waals surface area contributed by atoms with Crippen molar-refractivity contribution >= 4 is 46.0 Å². The van der Waals surface area contributed by atoms with Crippen molar-refractivity contribution in [2.45, 2.75) is 31.3 Å². The third-order valence-electron chi connectivity index (χ3n) is 4.74. The highest BCUT2D eigenvalue weighted by Gasteiger charge is 2.34. The van der Waals surface area contributed by atoms with Crippen molar-refractivity contribution < 1.29 is 9.59 Å². The molecule has 3 rings (SSSR count). The van der Waals surface area contributed by atoms with Gasteiger partial charge in [0, 0.05) is 15.1 Å². The van der Waals surface area contributed by atoms with Crippen LogP contribution in [0.25, 0.3) is 0 Å². The van der Waals surface area contributed by atoms with Crippen molar-refractivity contribution in [3.05, 3.63) is 68.3 Å². The lowest BCUT2D eigenvalue weighted by molar-refractivity contribution is -0.138. The van der Waals surface area contributed by atoms with Crippen LogP contribution in [0.2, 0.25) is 5.02 Å². The molecule has 5 nitrogen and oxygen atoms in total. The van der Waals surface area contributed by atoms with Gasteiger partial charge in [-0.2, -0.15) is 5.26 Å². The molecule has 1 saturated heterocycles. The van der Waals surface area contributed by atoms with Crippen LogP contribution in [0, 0.1) is 14.9 Å². The summed E-state index contributed by atoms with van der Waals surface area (Å²) in [5.74, 6) is -0.380. The lowest BCUT2D eigenvalue weighted by Crippen LogP contribution is -2.47. The number of nitrogens with one attached hydrogen (secondary N) is 1. The van der Waals surface area contributed by atoms with Crippen LogP contribution in [-0.2, 0) is 16.0 Å². The van der Waals surface area contributed by atoms with E-state index >= 15 is 0 Å². The van der Waals surface area contributed by atoms with Gasteiger partial charge >= 0.3 is 0 Å². The molecule has 2 aromatic carbocycles. The SMILES string of the molecule is N#CC(NC(=O)C1CCCN1C(=O)Cc1ccc(I)cc1)c1cccc(Cl)c1. The Hall–Kier alpha value is -2.11. The molecule has 0 aliphatic carbocycles. The Labute approximate surface area is 182 Å². The number of amides is 2. The standard InChI is InChI=1S/C21H19ClIN3O2/c22-16-4-1-3-15(12-16)18(13-24)25-21(28)19-5-2-10-26(19)20(27)11-14-6-8-17(23)9-7-14/h1,3-4,6-9,12,18-19H,2,5,10-11H2,(H,25,28). The molecule has 2 amide bonds. The summed E-state index contributed by atoms with van der Waals surface area (Å²) in [6.07, 6.45) is 1.62. The first-order chi connectivity index (χ1) is 13.5. The van der Waals surface area contributed by atoms with E-state index in [-0.39, 0.29) is 18.2 Å². The minimum atomic E-state index is -0.806. The van der Waals surface area contributed by atoms with Gasteiger partial charge in [-0.3, -0.25) is 9.59 Å². The Morgan fingerprint density at radius 3 is 2.71 bits per heavy atom. The van der Waals surface area contributed by atoms with E-state index in [4.69, 9.17) is 11.6 Å². The Balaban J connectivity index is 1.67. The van der Waals surface area contributed by atoms with Gasteiger partial charge in [0.05, 0.1) is 12.5 Å². The Kier molecular flexibility index (Phi) is 6.92. The maximum absolute atomic E-state index is 12.8. The van der Waals surface area contributed by atoms with Crippen LogP contribution in [0.4, 0.5) is 0 Å². The first-order valence-corrected chi connectivity index (χ1v) is 10.4. The number of nitriles is 1. The number of carbonyl (C=O) groups is 2. The molecule has 144 valence electrons. The number of hydrogen-bond acceptors (Lipinski definition) is 3. The van der Waals surface area contributed by atoms with Crippen molar-refractivity contribution in [1.29, 1.82) is 5.26 Å². The number of nitrogens with zero attached hydrogens (tertiary/aromatic N) is 2. The van der Waals surface area contributed by atoms with Gasteiger partial charge in [0.15, 0.2) is 0 Å². The van der Waals surface area contributed by atoms with Crippen molar-refractivity contribution in [2.75, 3.05) is 6.54 Å². The highest BCUT2D eigenvalue weighted by molar-refractivity contribution is 14.1. The monoisotopic (exact) mass is 507 g/mol. The quantitative estimate of drug-likeness (QED) is 0.625. The zero-order chi connectivity index (χ0) is 20.1. The molecule has 1 heterocycles. The third-order valence-corrected chi connectivity index (χ3v) is 5.70. The summed E-state index contributed by atoms with van der Waals surface area (Å²) in [5, 5.41) is 12.7. The average molecular weight is 508 g/mol. The van der Waals surface area contributed by atoms with Crippen LogP contribution < -0.4 is 5.32 Å². The van der Waals surface area contributed by atoms with E-state index in [1.807, 2.05) is 24.3 Å². The van der Waals surface area contributed by atoms with E-state index in [0.717, 1.165) is 15.6 Å². The van der Waals surface area contributed by atoms with Gasteiger partial charge in [0.2, 0.25) is 11.8 Å². The fourth-order valence-electron chi connectivity index (χ4n) is 3.33. The van der Waals surface area contributed by atoms with Crippen molar-refractivity contribution in [3.8, 4) is 6.07 Å². The Morgan fingerprint density at radius 2 is 2.04 bits per heavy atom. The number of rotatable bonds is 5. The summed E-state index contributed by atoms with van der Waals surface area (Å²) in [6, 6.07) is 15.4. The molecule has 7 heteroatoms. The zero-order valence-electron chi connectivity index (χ0n) is 15.1. The van der Waals surface area contributed by atoms with Gasteiger partial charge < -0.3 is 10.2 Å². The van der Waals surface area contributed by atoms with Crippen LogP contribution in [0.15, 0.2) is 48.5 Å². The average Bonchev–Trinajstić information content (AvgIpc) is 3.18. The molecule has 2 aromatic rings. The van der Waals surface area contributed by atoms with Gasteiger partial charge in [0.25, 0.3) is 0 Å². The normalized spacial score (nSPS) is 17.0. The van der Waals surface area contributed by atoms with Gasteiger partial charge in [-0.05, 0) is 70.8 Å². The first kappa shape index (κ1) is 20.6. The molecule has 28 heavy (non-hydrogen) atoms. The minimum absolute atomic E-state index is 0.0740. The smallest absolute Gasteiger partial charge is 0.244 e. The number of likely N-dealkylation sites (tertiary alicyclic amines) is 1.